The van der Waals surface area contributed by atoms with Gasteiger partial charge in [0.25, 0.3) is 0 Å². The van der Waals surface area contributed by atoms with Crippen LogP contribution in [0.15, 0.2) is 30.5 Å². The van der Waals surface area contributed by atoms with Crippen LogP contribution >= 0.6 is 11.3 Å². The number of thiazole rings is 1. The minimum absolute atomic E-state index is 0.565. The molecule has 1 heterocycles. The maximum Gasteiger partial charge on any atom is 0.123 e. The second-order valence-electron chi connectivity index (χ2n) is 4.69. The number of aromatic nitrogens is 1. The first-order chi connectivity index (χ1) is 8.69. The van der Waals surface area contributed by atoms with Crippen molar-refractivity contribution in [3.05, 3.63) is 40.9 Å². The highest BCUT2D eigenvalue weighted by atomic mass is 32.1. The smallest absolute Gasteiger partial charge is 0.123 e. The number of nitrogens with zero attached hydrogens (tertiary/aromatic N) is 1. The Labute approximate surface area is 113 Å². The van der Waals surface area contributed by atoms with Gasteiger partial charge in [0.05, 0.1) is 0 Å². The molecular formula is C15H20N2S. The summed E-state index contributed by atoms with van der Waals surface area (Å²) in [6.45, 7) is 7.43. The quantitative estimate of drug-likeness (QED) is 0.878. The number of rotatable bonds is 5. The summed E-state index contributed by atoms with van der Waals surface area (Å²) in [5, 5.41) is 4.60. The molecule has 2 nitrogen and oxygen atoms in total. The van der Waals surface area contributed by atoms with Gasteiger partial charge in [-0.2, -0.15) is 0 Å². The molecule has 0 bridgehead atoms. The molecule has 0 fully saturated rings. The zero-order valence-electron chi connectivity index (χ0n) is 11.2. The Balaban J connectivity index is 2.03. The molecule has 3 heteroatoms. The van der Waals surface area contributed by atoms with Crippen molar-refractivity contribution in [3.8, 4) is 10.6 Å². The second-order valence-corrected chi connectivity index (χ2v) is 5.80. The molecule has 1 aromatic carbocycles. The molecule has 1 unspecified atom stereocenters. The first-order valence-electron chi connectivity index (χ1n) is 6.44. The standard InChI is InChI=1S/C15H20N2S/c1-4-12(3)16-9-14-10-17-15(18-14)13-7-5-11(2)6-8-13/h5-8,10,12,16H,4,9H2,1-3H3. The highest BCUT2D eigenvalue weighted by molar-refractivity contribution is 7.15. The maximum atomic E-state index is 4.50. The summed E-state index contributed by atoms with van der Waals surface area (Å²) < 4.78 is 0. The summed E-state index contributed by atoms with van der Waals surface area (Å²) in [5.41, 5.74) is 2.49. The lowest BCUT2D eigenvalue weighted by molar-refractivity contribution is 0.537. The summed E-state index contributed by atoms with van der Waals surface area (Å²) in [6, 6.07) is 9.11. The summed E-state index contributed by atoms with van der Waals surface area (Å²) in [6.07, 6.45) is 3.14. The van der Waals surface area contributed by atoms with E-state index in [1.165, 1.54) is 16.0 Å². The van der Waals surface area contributed by atoms with Gasteiger partial charge in [-0.25, -0.2) is 4.98 Å². The number of nitrogens with one attached hydrogen (secondary N) is 1. The third-order valence-electron chi connectivity index (χ3n) is 3.09. The molecule has 0 aliphatic rings. The second kappa shape index (κ2) is 6.12. The third kappa shape index (κ3) is 3.40. The third-order valence-corrected chi connectivity index (χ3v) is 4.14. The lowest BCUT2D eigenvalue weighted by Crippen LogP contribution is -2.23. The number of hydrogen-bond acceptors (Lipinski definition) is 3. The van der Waals surface area contributed by atoms with E-state index in [0.29, 0.717) is 6.04 Å². The average molecular weight is 260 g/mol. The fraction of sp³-hybridized carbons (Fsp3) is 0.400. The van der Waals surface area contributed by atoms with Crippen molar-refractivity contribution in [1.82, 2.24) is 10.3 Å². The van der Waals surface area contributed by atoms with Gasteiger partial charge in [-0.15, -0.1) is 11.3 Å². The molecule has 0 saturated heterocycles. The van der Waals surface area contributed by atoms with Crippen LogP contribution in [0.2, 0.25) is 0 Å². The molecule has 1 aromatic heterocycles. The van der Waals surface area contributed by atoms with Gasteiger partial charge in [0.2, 0.25) is 0 Å². The largest absolute Gasteiger partial charge is 0.309 e. The van der Waals surface area contributed by atoms with E-state index < -0.39 is 0 Å². The Kier molecular flexibility index (Phi) is 4.50. The molecule has 96 valence electrons. The Bertz CT molecular complexity index is 487. The van der Waals surface area contributed by atoms with Crippen molar-refractivity contribution in [2.75, 3.05) is 0 Å². The zero-order valence-corrected chi connectivity index (χ0v) is 12.1. The molecule has 2 rings (SSSR count). The fourth-order valence-electron chi connectivity index (χ4n) is 1.64. The van der Waals surface area contributed by atoms with E-state index in [4.69, 9.17) is 0 Å². The van der Waals surface area contributed by atoms with Crippen molar-refractivity contribution >= 4 is 11.3 Å². The van der Waals surface area contributed by atoms with Crippen LogP contribution in [0, 0.1) is 6.92 Å². The molecule has 0 amide bonds. The van der Waals surface area contributed by atoms with E-state index in [1.807, 2.05) is 6.20 Å². The molecule has 1 N–H and O–H groups in total. The van der Waals surface area contributed by atoms with Crippen molar-refractivity contribution in [2.45, 2.75) is 39.8 Å². The van der Waals surface area contributed by atoms with Crippen LogP contribution in [-0.2, 0) is 6.54 Å². The van der Waals surface area contributed by atoms with Crippen molar-refractivity contribution in [3.63, 3.8) is 0 Å². The molecular weight excluding hydrogens is 240 g/mol. The van der Waals surface area contributed by atoms with Gasteiger partial charge in [-0.05, 0) is 20.3 Å². The van der Waals surface area contributed by atoms with Crippen LogP contribution < -0.4 is 5.32 Å². The van der Waals surface area contributed by atoms with Crippen molar-refractivity contribution < 1.29 is 0 Å². The highest BCUT2D eigenvalue weighted by Gasteiger charge is 2.05. The maximum absolute atomic E-state index is 4.50. The molecule has 0 aliphatic heterocycles. The van der Waals surface area contributed by atoms with E-state index in [1.54, 1.807) is 11.3 Å². The van der Waals surface area contributed by atoms with E-state index >= 15 is 0 Å². The number of hydrogen-bond donors (Lipinski definition) is 1. The van der Waals surface area contributed by atoms with Crippen LogP contribution in [0.3, 0.4) is 0 Å². The van der Waals surface area contributed by atoms with Crippen LogP contribution in [0.4, 0.5) is 0 Å². The van der Waals surface area contributed by atoms with Crippen LogP contribution in [-0.4, -0.2) is 11.0 Å². The fourth-order valence-corrected chi connectivity index (χ4v) is 2.51. The molecule has 0 saturated carbocycles. The zero-order chi connectivity index (χ0) is 13.0. The topological polar surface area (TPSA) is 24.9 Å². The summed E-state index contributed by atoms with van der Waals surface area (Å²) in [5.74, 6) is 0. The van der Waals surface area contributed by atoms with Gasteiger partial charge < -0.3 is 5.32 Å². The number of benzene rings is 1. The Hall–Kier alpha value is -1.19. The van der Waals surface area contributed by atoms with E-state index in [-0.39, 0.29) is 0 Å². The normalized spacial score (nSPS) is 12.6. The molecule has 0 radical (unpaired) electrons. The van der Waals surface area contributed by atoms with Crippen LogP contribution in [0.5, 0.6) is 0 Å². The van der Waals surface area contributed by atoms with Crippen molar-refractivity contribution in [2.24, 2.45) is 0 Å². The van der Waals surface area contributed by atoms with E-state index in [0.717, 1.165) is 18.0 Å². The van der Waals surface area contributed by atoms with E-state index in [2.05, 4.69) is 55.3 Å². The summed E-state index contributed by atoms with van der Waals surface area (Å²) >= 11 is 1.77. The monoisotopic (exact) mass is 260 g/mol. The van der Waals surface area contributed by atoms with Crippen LogP contribution in [0.25, 0.3) is 10.6 Å². The van der Waals surface area contributed by atoms with Crippen LogP contribution in [0.1, 0.15) is 30.7 Å². The lowest BCUT2D eigenvalue weighted by atomic mass is 10.2. The van der Waals surface area contributed by atoms with Gasteiger partial charge in [-0.1, -0.05) is 36.8 Å². The SMILES string of the molecule is CCC(C)NCc1cnc(-c2ccc(C)cc2)s1. The highest BCUT2D eigenvalue weighted by Crippen LogP contribution is 2.25. The van der Waals surface area contributed by atoms with Gasteiger partial charge in [0.15, 0.2) is 0 Å². The molecule has 0 aliphatic carbocycles. The lowest BCUT2D eigenvalue weighted by Gasteiger charge is -2.08. The van der Waals surface area contributed by atoms with Gasteiger partial charge in [-0.3, -0.25) is 0 Å². The summed E-state index contributed by atoms with van der Waals surface area (Å²) in [7, 11) is 0. The Morgan fingerprint density at radius 3 is 2.67 bits per heavy atom. The predicted molar refractivity (Wildman–Crippen MR) is 78.9 cm³/mol. The average Bonchev–Trinajstić information content (AvgIpc) is 2.85. The minimum atomic E-state index is 0.565. The van der Waals surface area contributed by atoms with Gasteiger partial charge >= 0.3 is 0 Å². The first kappa shape index (κ1) is 13.2. The number of aryl methyl sites for hydroxylation is 1. The van der Waals surface area contributed by atoms with E-state index in [9.17, 15) is 0 Å². The van der Waals surface area contributed by atoms with Gasteiger partial charge in [0, 0.05) is 29.2 Å². The Morgan fingerprint density at radius 2 is 2.00 bits per heavy atom. The van der Waals surface area contributed by atoms with Crippen molar-refractivity contribution in [1.29, 1.82) is 0 Å². The molecule has 2 aromatic rings. The first-order valence-corrected chi connectivity index (χ1v) is 7.26. The molecule has 0 spiro atoms. The molecule has 1 atom stereocenters. The Morgan fingerprint density at radius 1 is 1.28 bits per heavy atom. The minimum Gasteiger partial charge on any atom is -0.309 e. The van der Waals surface area contributed by atoms with Gasteiger partial charge in [0.1, 0.15) is 5.01 Å². The predicted octanol–water partition coefficient (Wildman–Crippen LogP) is 4.01. The summed E-state index contributed by atoms with van der Waals surface area (Å²) in [4.78, 5) is 5.80. The molecule has 18 heavy (non-hydrogen) atoms.